The lowest BCUT2D eigenvalue weighted by Gasteiger charge is -2.18. The number of hydrogen-bond donors (Lipinski definition) is 3. The molecule has 1 aromatic heterocycles. The van der Waals surface area contributed by atoms with Crippen LogP contribution >= 0.6 is 0 Å². The zero-order chi connectivity index (χ0) is 14.3. The van der Waals surface area contributed by atoms with Crippen molar-refractivity contribution in [2.75, 3.05) is 13.6 Å². The first-order valence-corrected chi connectivity index (χ1v) is 6.04. The van der Waals surface area contributed by atoms with Crippen LogP contribution in [0.3, 0.4) is 0 Å². The first-order valence-electron chi connectivity index (χ1n) is 6.04. The van der Waals surface area contributed by atoms with Crippen LogP contribution in [0.15, 0.2) is 6.33 Å². The van der Waals surface area contributed by atoms with Crippen LogP contribution in [0.4, 0.5) is 4.79 Å². The quantitative estimate of drug-likeness (QED) is 0.665. The van der Waals surface area contributed by atoms with E-state index in [1.54, 1.807) is 7.05 Å². The second kappa shape index (κ2) is 7.34. The van der Waals surface area contributed by atoms with Crippen LogP contribution in [-0.4, -0.2) is 50.8 Å². The molecule has 0 radical (unpaired) electrons. The van der Waals surface area contributed by atoms with E-state index in [-0.39, 0.29) is 18.4 Å². The molecule has 0 aromatic carbocycles. The van der Waals surface area contributed by atoms with Crippen LogP contribution in [0.2, 0.25) is 0 Å². The second-order valence-corrected chi connectivity index (χ2v) is 4.51. The third kappa shape index (κ3) is 5.84. The maximum absolute atomic E-state index is 11.7. The van der Waals surface area contributed by atoms with Gasteiger partial charge in [0.1, 0.15) is 12.2 Å². The van der Waals surface area contributed by atoms with Gasteiger partial charge in [-0.1, -0.05) is 6.92 Å². The molecular formula is C11H19N5O3. The molecular weight excluding hydrogens is 250 g/mol. The summed E-state index contributed by atoms with van der Waals surface area (Å²) >= 11 is 0. The smallest absolute Gasteiger partial charge is 0.317 e. The minimum Gasteiger partial charge on any atom is -0.481 e. The van der Waals surface area contributed by atoms with Crippen LogP contribution in [0, 0.1) is 5.92 Å². The lowest BCUT2D eigenvalue weighted by Crippen LogP contribution is -2.39. The van der Waals surface area contributed by atoms with Crippen molar-refractivity contribution in [3.8, 4) is 0 Å². The Bertz CT molecular complexity index is 406. The van der Waals surface area contributed by atoms with Gasteiger partial charge >= 0.3 is 12.0 Å². The Morgan fingerprint density at radius 2 is 2.32 bits per heavy atom. The van der Waals surface area contributed by atoms with Gasteiger partial charge in [0.2, 0.25) is 0 Å². The van der Waals surface area contributed by atoms with Crippen LogP contribution in [0.1, 0.15) is 25.6 Å². The van der Waals surface area contributed by atoms with E-state index < -0.39 is 5.97 Å². The molecule has 0 aliphatic heterocycles. The number of rotatable bonds is 7. The van der Waals surface area contributed by atoms with Gasteiger partial charge in [-0.25, -0.2) is 9.78 Å². The second-order valence-electron chi connectivity index (χ2n) is 4.51. The zero-order valence-electron chi connectivity index (χ0n) is 11.1. The molecule has 1 aromatic rings. The molecule has 0 saturated carbocycles. The van der Waals surface area contributed by atoms with E-state index >= 15 is 0 Å². The third-order valence-corrected chi connectivity index (χ3v) is 2.65. The zero-order valence-corrected chi connectivity index (χ0v) is 11.1. The van der Waals surface area contributed by atoms with E-state index in [1.807, 2.05) is 6.92 Å². The molecule has 0 bridgehead atoms. The highest BCUT2D eigenvalue weighted by Crippen LogP contribution is 2.04. The van der Waals surface area contributed by atoms with Gasteiger partial charge in [0.25, 0.3) is 0 Å². The monoisotopic (exact) mass is 269 g/mol. The lowest BCUT2D eigenvalue weighted by atomic mass is 10.1. The highest BCUT2D eigenvalue weighted by molar-refractivity contribution is 5.73. The maximum Gasteiger partial charge on any atom is 0.317 e. The van der Waals surface area contributed by atoms with Crippen molar-refractivity contribution in [1.29, 1.82) is 0 Å². The van der Waals surface area contributed by atoms with E-state index in [2.05, 4.69) is 20.5 Å². The molecule has 19 heavy (non-hydrogen) atoms. The Hall–Kier alpha value is -2.12. The van der Waals surface area contributed by atoms with Gasteiger partial charge in [0.05, 0.1) is 6.54 Å². The number of aromatic nitrogens is 3. The largest absolute Gasteiger partial charge is 0.481 e. The van der Waals surface area contributed by atoms with Crippen LogP contribution < -0.4 is 5.32 Å². The molecule has 1 heterocycles. The molecule has 8 nitrogen and oxygen atoms in total. The number of aliphatic carboxylic acids is 1. The number of nitrogens with one attached hydrogen (secondary N) is 2. The number of nitrogens with zero attached hydrogens (tertiary/aromatic N) is 3. The van der Waals surface area contributed by atoms with Crippen molar-refractivity contribution in [3.63, 3.8) is 0 Å². The number of carbonyl (C=O) groups excluding carboxylic acids is 1. The standard InChI is InChI=1S/C11H19N5O3/c1-8(3-4-10(17)18)5-12-11(19)16(2)6-9-13-7-14-15-9/h7-8H,3-6H2,1-2H3,(H,12,19)(H,17,18)(H,13,14,15). The average Bonchev–Trinajstić information content (AvgIpc) is 2.86. The Morgan fingerprint density at radius 1 is 1.58 bits per heavy atom. The Balaban J connectivity index is 2.24. The molecule has 1 atom stereocenters. The number of aromatic amines is 1. The highest BCUT2D eigenvalue weighted by Gasteiger charge is 2.12. The summed E-state index contributed by atoms with van der Waals surface area (Å²) in [4.78, 5) is 27.6. The Labute approximate surface area is 111 Å². The van der Waals surface area contributed by atoms with Crippen molar-refractivity contribution in [2.45, 2.75) is 26.3 Å². The fourth-order valence-corrected chi connectivity index (χ4v) is 1.47. The summed E-state index contributed by atoms with van der Waals surface area (Å²) in [6.45, 7) is 2.70. The summed E-state index contributed by atoms with van der Waals surface area (Å²) in [7, 11) is 1.65. The Kier molecular flexibility index (Phi) is 5.77. The third-order valence-electron chi connectivity index (χ3n) is 2.65. The van der Waals surface area contributed by atoms with Gasteiger partial charge in [0.15, 0.2) is 0 Å². The van der Waals surface area contributed by atoms with Crippen LogP contribution in [0.5, 0.6) is 0 Å². The normalized spacial score (nSPS) is 11.9. The minimum absolute atomic E-state index is 0.116. The van der Waals surface area contributed by atoms with Crippen molar-refractivity contribution >= 4 is 12.0 Å². The summed E-state index contributed by atoms with van der Waals surface area (Å²) in [6, 6.07) is -0.224. The van der Waals surface area contributed by atoms with E-state index in [4.69, 9.17) is 5.11 Å². The number of hydrogen-bond acceptors (Lipinski definition) is 4. The van der Waals surface area contributed by atoms with Gasteiger partial charge in [-0.05, 0) is 12.3 Å². The van der Waals surface area contributed by atoms with Gasteiger partial charge in [-0.3, -0.25) is 9.89 Å². The van der Waals surface area contributed by atoms with Crippen LogP contribution in [0.25, 0.3) is 0 Å². The van der Waals surface area contributed by atoms with Crippen molar-refractivity contribution in [2.24, 2.45) is 5.92 Å². The first-order chi connectivity index (χ1) is 8.99. The van der Waals surface area contributed by atoms with Crippen molar-refractivity contribution in [3.05, 3.63) is 12.2 Å². The molecule has 106 valence electrons. The van der Waals surface area contributed by atoms with E-state index in [0.29, 0.717) is 25.3 Å². The SMILES string of the molecule is CC(CCC(=O)O)CNC(=O)N(C)Cc1ncn[nH]1. The minimum atomic E-state index is -0.819. The van der Waals surface area contributed by atoms with Gasteiger partial charge < -0.3 is 15.3 Å². The molecule has 3 N–H and O–H groups in total. The summed E-state index contributed by atoms with van der Waals surface area (Å²) < 4.78 is 0. The molecule has 0 aliphatic rings. The van der Waals surface area contributed by atoms with Gasteiger partial charge in [-0.2, -0.15) is 5.10 Å². The number of carboxylic acid groups (broad SMARTS) is 1. The predicted molar refractivity (Wildman–Crippen MR) is 67.3 cm³/mol. The van der Waals surface area contributed by atoms with Crippen molar-refractivity contribution < 1.29 is 14.7 Å². The first kappa shape index (κ1) is 14.9. The van der Waals surface area contributed by atoms with Crippen molar-refractivity contribution in [1.82, 2.24) is 25.4 Å². The average molecular weight is 269 g/mol. The summed E-state index contributed by atoms with van der Waals surface area (Å²) in [5, 5.41) is 17.7. The molecule has 8 heteroatoms. The molecule has 0 saturated heterocycles. The fourth-order valence-electron chi connectivity index (χ4n) is 1.47. The van der Waals surface area contributed by atoms with Gasteiger partial charge in [0, 0.05) is 20.0 Å². The van der Waals surface area contributed by atoms with E-state index in [9.17, 15) is 9.59 Å². The number of carbonyl (C=O) groups is 2. The summed E-state index contributed by atoms with van der Waals surface area (Å²) in [5.74, 6) is -0.0871. The van der Waals surface area contributed by atoms with E-state index in [0.717, 1.165) is 0 Å². The molecule has 0 spiro atoms. The van der Waals surface area contributed by atoms with E-state index in [1.165, 1.54) is 11.2 Å². The lowest BCUT2D eigenvalue weighted by molar-refractivity contribution is -0.137. The maximum atomic E-state index is 11.7. The number of carboxylic acids is 1. The number of amides is 2. The number of urea groups is 1. The topological polar surface area (TPSA) is 111 Å². The fraction of sp³-hybridized carbons (Fsp3) is 0.636. The molecule has 1 unspecified atom stereocenters. The molecule has 2 amide bonds. The molecule has 0 fully saturated rings. The Morgan fingerprint density at radius 3 is 2.89 bits per heavy atom. The molecule has 0 aliphatic carbocycles. The predicted octanol–water partition coefficient (Wildman–Crippen LogP) is 0.447. The van der Waals surface area contributed by atoms with Crippen LogP contribution in [-0.2, 0) is 11.3 Å². The number of H-pyrrole nitrogens is 1. The summed E-state index contributed by atoms with van der Waals surface area (Å²) in [6.07, 6.45) is 2.04. The highest BCUT2D eigenvalue weighted by atomic mass is 16.4. The summed E-state index contributed by atoms with van der Waals surface area (Å²) in [5.41, 5.74) is 0. The van der Waals surface area contributed by atoms with Gasteiger partial charge in [-0.15, -0.1) is 0 Å². The molecule has 1 rings (SSSR count).